The van der Waals surface area contributed by atoms with Gasteiger partial charge in [-0.25, -0.2) is 12.8 Å². The molecule has 1 aliphatic heterocycles. The topological polar surface area (TPSA) is 57.7 Å². The minimum atomic E-state index is -3.21. The summed E-state index contributed by atoms with van der Waals surface area (Å²) in [5, 5.41) is 0. The van der Waals surface area contributed by atoms with Crippen molar-refractivity contribution in [3.05, 3.63) is 30.1 Å². The molecule has 0 N–H and O–H groups in total. The molecule has 1 saturated heterocycles. The summed E-state index contributed by atoms with van der Waals surface area (Å²) >= 11 is 1.34. The van der Waals surface area contributed by atoms with Crippen LogP contribution in [-0.4, -0.2) is 61.2 Å². The maximum Gasteiger partial charge on any atom is 0.223 e. The molecule has 0 atom stereocenters. The molecule has 2 rings (SSSR count). The van der Waals surface area contributed by atoms with Crippen LogP contribution in [0.25, 0.3) is 0 Å². The minimum absolute atomic E-state index is 0.0307. The zero-order valence-corrected chi connectivity index (χ0v) is 16.3. The number of carbonyl (C=O) groups is 1. The molecule has 0 saturated carbocycles. The highest BCUT2D eigenvalue weighted by molar-refractivity contribution is 7.99. The Kier molecular flexibility index (Phi) is 7.27. The average Bonchev–Trinajstić information content (AvgIpc) is 2.56. The molecule has 1 fully saturated rings. The van der Waals surface area contributed by atoms with Crippen LogP contribution >= 0.6 is 11.8 Å². The van der Waals surface area contributed by atoms with Crippen molar-refractivity contribution in [1.29, 1.82) is 0 Å². The maximum atomic E-state index is 13.5. The lowest BCUT2D eigenvalue weighted by atomic mass is 10.0. The Bertz CT molecular complexity index is 689. The quantitative estimate of drug-likeness (QED) is 0.674. The molecule has 140 valence electrons. The van der Waals surface area contributed by atoms with Crippen molar-refractivity contribution in [2.45, 2.75) is 37.1 Å². The summed E-state index contributed by atoms with van der Waals surface area (Å²) in [5.41, 5.74) is 0. The van der Waals surface area contributed by atoms with Crippen molar-refractivity contribution < 1.29 is 17.6 Å². The van der Waals surface area contributed by atoms with Crippen LogP contribution in [0, 0.1) is 5.82 Å². The number of carbonyl (C=O) groups excluding carboxylic acids is 1. The van der Waals surface area contributed by atoms with Gasteiger partial charge in [-0.1, -0.05) is 19.1 Å². The number of likely N-dealkylation sites (tertiary alicyclic amines) is 1. The molecule has 0 radical (unpaired) electrons. The van der Waals surface area contributed by atoms with Gasteiger partial charge in [0, 0.05) is 42.7 Å². The van der Waals surface area contributed by atoms with Gasteiger partial charge in [0.25, 0.3) is 0 Å². The Labute approximate surface area is 153 Å². The number of amides is 1. The monoisotopic (exact) mass is 388 g/mol. The largest absolute Gasteiger partial charge is 0.343 e. The van der Waals surface area contributed by atoms with E-state index < -0.39 is 10.0 Å². The van der Waals surface area contributed by atoms with E-state index >= 15 is 0 Å². The van der Waals surface area contributed by atoms with Gasteiger partial charge in [-0.3, -0.25) is 4.79 Å². The first-order valence-electron chi connectivity index (χ1n) is 8.45. The third kappa shape index (κ3) is 5.69. The number of piperidine rings is 1. The van der Waals surface area contributed by atoms with E-state index in [-0.39, 0.29) is 17.8 Å². The van der Waals surface area contributed by atoms with E-state index in [1.165, 1.54) is 28.4 Å². The number of nitrogens with zero attached hydrogens (tertiary/aromatic N) is 2. The molecular weight excluding hydrogens is 363 g/mol. The van der Waals surface area contributed by atoms with Crippen molar-refractivity contribution in [1.82, 2.24) is 9.21 Å². The first kappa shape index (κ1) is 20.2. The van der Waals surface area contributed by atoms with Gasteiger partial charge >= 0.3 is 0 Å². The fraction of sp³-hybridized carbons (Fsp3) is 0.588. The number of benzene rings is 1. The molecule has 1 heterocycles. The third-order valence-corrected chi connectivity index (χ3v) is 6.83. The lowest BCUT2D eigenvalue weighted by Gasteiger charge is -2.36. The number of hydrogen-bond donors (Lipinski definition) is 0. The molecule has 0 bridgehead atoms. The number of halogens is 1. The van der Waals surface area contributed by atoms with Crippen LogP contribution in [-0.2, 0) is 14.8 Å². The van der Waals surface area contributed by atoms with Crippen molar-refractivity contribution >= 4 is 27.7 Å². The fourth-order valence-electron chi connectivity index (χ4n) is 3.13. The second-order valence-electron chi connectivity index (χ2n) is 6.11. The normalized spacial score (nSPS) is 16.4. The van der Waals surface area contributed by atoms with Gasteiger partial charge in [-0.2, -0.15) is 4.31 Å². The summed E-state index contributed by atoms with van der Waals surface area (Å²) in [6.45, 7) is 3.43. The molecule has 0 spiro atoms. The van der Waals surface area contributed by atoms with Crippen LogP contribution in [0.2, 0.25) is 0 Å². The Morgan fingerprint density at radius 2 is 1.96 bits per heavy atom. The SMILES string of the molecule is CCN(C1CCN(C(=O)CCSc2ccccc2F)CC1)S(C)(=O)=O. The summed E-state index contributed by atoms with van der Waals surface area (Å²) in [6.07, 6.45) is 2.90. The van der Waals surface area contributed by atoms with Gasteiger partial charge in [0.1, 0.15) is 5.82 Å². The van der Waals surface area contributed by atoms with Gasteiger partial charge in [0.15, 0.2) is 0 Å². The number of hydrogen-bond acceptors (Lipinski definition) is 4. The van der Waals surface area contributed by atoms with Crippen LogP contribution in [0.3, 0.4) is 0 Å². The fourth-order valence-corrected chi connectivity index (χ4v) is 5.23. The summed E-state index contributed by atoms with van der Waals surface area (Å²) < 4.78 is 38.6. The van der Waals surface area contributed by atoms with Crippen LogP contribution in [0.4, 0.5) is 4.39 Å². The summed E-state index contributed by atoms with van der Waals surface area (Å²) in [4.78, 5) is 14.6. The molecule has 0 unspecified atom stereocenters. The summed E-state index contributed by atoms with van der Waals surface area (Å²) in [6, 6.07) is 6.51. The standard InChI is InChI=1S/C17H25FN2O3S2/c1-3-20(25(2,22)23)14-8-11-19(12-9-14)17(21)10-13-24-16-7-5-4-6-15(16)18/h4-7,14H,3,8-13H2,1-2H3. The van der Waals surface area contributed by atoms with Gasteiger partial charge in [-0.05, 0) is 25.0 Å². The first-order chi connectivity index (χ1) is 11.8. The van der Waals surface area contributed by atoms with E-state index in [2.05, 4.69) is 0 Å². The van der Waals surface area contributed by atoms with Crippen molar-refractivity contribution in [2.75, 3.05) is 31.6 Å². The van der Waals surface area contributed by atoms with E-state index in [0.29, 0.717) is 49.5 Å². The highest BCUT2D eigenvalue weighted by atomic mass is 32.2. The zero-order chi connectivity index (χ0) is 18.4. The van der Waals surface area contributed by atoms with Gasteiger partial charge in [0.05, 0.1) is 6.26 Å². The highest BCUT2D eigenvalue weighted by Crippen LogP contribution is 2.23. The molecule has 25 heavy (non-hydrogen) atoms. The van der Waals surface area contributed by atoms with Gasteiger partial charge in [-0.15, -0.1) is 11.8 Å². The molecule has 1 amide bonds. The number of sulfonamides is 1. The van der Waals surface area contributed by atoms with Crippen molar-refractivity contribution in [3.63, 3.8) is 0 Å². The second-order valence-corrected chi connectivity index (χ2v) is 9.18. The van der Waals surface area contributed by atoms with E-state index in [1.54, 1.807) is 23.1 Å². The molecule has 0 aromatic heterocycles. The maximum absolute atomic E-state index is 13.5. The molecule has 1 aromatic rings. The highest BCUT2D eigenvalue weighted by Gasteiger charge is 2.30. The Morgan fingerprint density at radius 3 is 2.52 bits per heavy atom. The zero-order valence-electron chi connectivity index (χ0n) is 14.7. The third-order valence-electron chi connectivity index (χ3n) is 4.37. The molecular formula is C17H25FN2O3S2. The van der Waals surface area contributed by atoms with E-state index in [9.17, 15) is 17.6 Å². The van der Waals surface area contributed by atoms with Gasteiger partial charge in [0.2, 0.25) is 15.9 Å². The first-order valence-corrected chi connectivity index (χ1v) is 11.3. The van der Waals surface area contributed by atoms with Crippen LogP contribution < -0.4 is 0 Å². The van der Waals surface area contributed by atoms with Crippen molar-refractivity contribution in [2.24, 2.45) is 0 Å². The van der Waals surface area contributed by atoms with Crippen LogP contribution in [0.15, 0.2) is 29.2 Å². The smallest absolute Gasteiger partial charge is 0.223 e. The average molecular weight is 389 g/mol. The molecule has 5 nitrogen and oxygen atoms in total. The van der Waals surface area contributed by atoms with E-state index in [0.717, 1.165) is 0 Å². The Morgan fingerprint density at radius 1 is 1.32 bits per heavy atom. The summed E-state index contributed by atoms with van der Waals surface area (Å²) in [7, 11) is -3.21. The molecule has 1 aromatic carbocycles. The minimum Gasteiger partial charge on any atom is -0.343 e. The number of thioether (sulfide) groups is 1. The van der Waals surface area contributed by atoms with Crippen LogP contribution in [0.1, 0.15) is 26.2 Å². The summed E-state index contributed by atoms with van der Waals surface area (Å²) in [5.74, 6) is 0.315. The van der Waals surface area contributed by atoms with E-state index in [4.69, 9.17) is 0 Å². The molecule has 8 heteroatoms. The molecule has 1 aliphatic rings. The Hall–Kier alpha value is -1.12. The second kappa shape index (κ2) is 9.00. The van der Waals surface area contributed by atoms with Gasteiger partial charge < -0.3 is 4.90 Å². The van der Waals surface area contributed by atoms with Crippen LogP contribution in [0.5, 0.6) is 0 Å². The molecule has 0 aliphatic carbocycles. The number of rotatable bonds is 7. The van der Waals surface area contributed by atoms with E-state index in [1.807, 2.05) is 6.92 Å². The predicted molar refractivity (Wildman–Crippen MR) is 98.6 cm³/mol. The lowest BCUT2D eigenvalue weighted by Crippen LogP contribution is -2.48. The van der Waals surface area contributed by atoms with Crippen molar-refractivity contribution in [3.8, 4) is 0 Å². The lowest BCUT2D eigenvalue weighted by molar-refractivity contribution is -0.132. The predicted octanol–water partition coefficient (Wildman–Crippen LogP) is 2.58. The Balaban J connectivity index is 1.78.